The number of thioether (sulfide) groups is 1. The monoisotopic (exact) mass is 379 g/mol. The number of nitrogens with one attached hydrogen (secondary N) is 1. The first-order chi connectivity index (χ1) is 12.2. The Balaban J connectivity index is 1.81. The molecule has 1 aliphatic heterocycles. The number of rotatable bonds is 7. The summed E-state index contributed by atoms with van der Waals surface area (Å²) in [5, 5.41) is 13.5. The predicted octanol–water partition coefficient (Wildman–Crippen LogP) is 3.56. The highest BCUT2D eigenvalue weighted by molar-refractivity contribution is 8.00. The fraction of sp³-hybridized carbons (Fsp3) is 0.632. The van der Waals surface area contributed by atoms with Gasteiger partial charge in [-0.2, -0.15) is 0 Å². The molecule has 0 spiro atoms. The SMILES string of the molecule is CC1CC(C)CN(CC(C)NC(=O)C(C)Sc2ccc([N+](=O)[O-])cc2)C1. The molecule has 7 heteroatoms. The molecule has 0 saturated carbocycles. The van der Waals surface area contributed by atoms with Gasteiger partial charge in [0.2, 0.25) is 5.91 Å². The van der Waals surface area contributed by atoms with Crippen LogP contribution in [0.25, 0.3) is 0 Å². The molecule has 2 rings (SSSR count). The van der Waals surface area contributed by atoms with Gasteiger partial charge in [-0.25, -0.2) is 0 Å². The number of carbonyl (C=O) groups is 1. The number of nitro benzene ring substituents is 1. The van der Waals surface area contributed by atoms with Crippen LogP contribution in [0.2, 0.25) is 0 Å². The molecule has 1 aromatic rings. The van der Waals surface area contributed by atoms with E-state index in [0.29, 0.717) is 11.8 Å². The largest absolute Gasteiger partial charge is 0.351 e. The normalized spacial score (nSPS) is 23.2. The number of hydrogen-bond donors (Lipinski definition) is 1. The molecule has 1 heterocycles. The average Bonchev–Trinajstić information content (AvgIpc) is 2.54. The Morgan fingerprint density at radius 2 is 1.85 bits per heavy atom. The highest BCUT2D eigenvalue weighted by atomic mass is 32.2. The minimum Gasteiger partial charge on any atom is -0.351 e. The van der Waals surface area contributed by atoms with Gasteiger partial charge in [0, 0.05) is 42.7 Å². The van der Waals surface area contributed by atoms with E-state index < -0.39 is 4.92 Å². The van der Waals surface area contributed by atoms with Gasteiger partial charge in [-0.1, -0.05) is 13.8 Å². The molecule has 0 radical (unpaired) electrons. The summed E-state index contributed by atoms with van der Waals surface area (Å²) in [6.45, 7) is 11.5. The van der Waals surface area contributed by atoms with Crippen molar-refractivity contribution in [1.29, 1.82) is 0 Å². The number of carbonyl (C=O) groups excluding carboxylic acids is 1. The van der Waals surface area contributed by atoms with E-state index in [4.69, 9.17) is 0 Å². The minimum absolute atomic E-state index is 0.000964. The molecule has 1 amide bonds. The zero-order valence-corrected chi connectivity index (χ0v) is 16.8. The van der Waals surface area contributed by atoms with Crippen molar-refractivity contribution in [2.75, 3.05) is 19.6 Å². The lowest BCUT2D eigenvalue weighted by Crippen LogP contribution is -2.48. The Hall–Kier alpha value is -1.60. The lowest BCUT2D eigenvalue weighted by molar-refractivity contribution is -0.384. The molecule has 1 aliphatic rings. The molecule has 4 atom stereocenters. The topological polar surface area (TPSA) is 75.5 Å². The summed E-state index contributed by atoms with van der Waals surface area (Å²) in [7, 11) is 0. The first kappa shape index (κ1) is 20.7. The minimum atomic E-state index is -0.422. The molecule has 26 heavy (non-hydrogen) atoms. The maximum Gasteiger partial charge on any atom is 0.269 e. The van der Waals surface area contributed by atoms with Gasteiger partial charge in [0.15, 0.2) is 0 Å². The van der Waals surface area contributed by atoms with Gasteiger partial charge in [-0.15, -0.1) is 11.8 Å². The number of amides is 1. The molecule has 0 aliphatic carbocycles. The van der Waals surface area contributed by atoms with Gasteiger partial charge in [0.25, 0.3) is 5.69 Å². The molecule has 0 aromatic heterocycles. The van der Waals surface area contributed by atoms with E-state index in [9.17, 15) is 14.9 Å². The van der Waals surface area contributed by atoms with Gasteiger partial charge in [0.05, 0.1) is 10.2 Å². The van der Waals surface area contributed by atoms with Crippen LogP contribution in [0.3, 0.4) is 0 Å². The highest BCUT2D eigenvalue weighted by Crippen LogP contribution is 2.25. The van der Waals surface area contributed by atoms with Crippen molar-refractivity contribution >= 4 is 23.4 Å². The Morgan fingerprint density at radius 3 is 2.38 bits per heavy atom. The summed E-state index contributed by atoms with van der Waals surface area (Å²) in [6.07, 6.45) is 1.28. The fourth-order valence-corrected chi connectivity index (χ4v) is 4.51. The maximum atomic E-state index is 12.4. The standard InChI is InChI=1S/C19H29N3O3S/c1-13-9-14(2)11-21(10-13)12-15(3)20-19(23)16(4)26-18-7-5-17(6-8-18)22(24)25/h5-8,13-16H,9-12H2,1-4H3,(H,20,23). The summed E-state index contributed by atoms with van der Waals surface area (Å²) >= 11 is 1.41. The highest BCUT2D eigenvalue weighted by Gasteiger charge is 2.24. The van der Waals surface area contributed by atoms with Crippen molar-refractivity contribution in [2.45, 2.75) is 50.3 Å². The van der Waals surface area contributed by atoms with Gasteiger partial charge < -0.3 is 10.2 Å². The van der Waals surface area contributed by atoms with Crippen molar-refractivity contribution in [3.8, 4) is 0 Å². The summed E-state index contributed by atoms with van der Waals surface area (Å²) in [5.74, 6) is 1.41. The fourth-order valence-electron chi connectivity index (χ4n) is 3.64. The van der Waals surface area contributed by atoms with Crippen molar-refractivity contribution < 1.29 is 9.72 Å². The molecule has 0 bridgehead atoms. The lowest BCUT2D eigenvalue weighted by Gasteiger charge is -2.36. The Bertz CT molecular complexity index is 613. The van der Waals surface area contributed by atoms with Crippen LogP contribution in [0.5, 0.6) is 0 Å². The van der Waals surface area contributed by atoms with Gasteiger partial charge in [0.1, 0.15) is 0 Å². The Labute approximate surface area is 159 Å². The van der Waals surface area contributed by atoms with E-state index in [1.165, 1.54) is 30.3 Å². The molecule has 1 saturated heterocycles. The number of benzene rings is 1. The zero-order valence-electron chi connectivity index (χ0n) is 16.0. The third kappa shape index (κ3) is 6.29. The number of nitro groups is 1. The number of non-ortho nitro benzene ring substituents is 1. The van der Waals surface area contributed by atoms with Crippen LogP contribution in [0.1, 0.15) is 34.1 Å². The van der Waals surface area contributed by atoms with E-state index in [1.54, 1.807) is 12.1 Å². The van der Waals surface area contributed by atoms with Crippen LogP contribution in [0.4, 0.5) is 5.69 Å². The smallest absolute Gasteiger partial charge is 0.269 e. The van der Waals surface area contributed by atoms with Crippen molar-refractivity contribution in [3.05, 3.63) is 34.4 Å². The second kappa shape index (κ2) is 9.37. The van der Waals surface area contributed by atoms with Gasteiger partial charge in [-0.05, 0) is 44.2 Å². The van der Waals surface area contributed by atoms with E-state index in [1.807, 2.05) is 13.8 Å². The average molecular weight is 380 g/mol. The quantitative estimate of drug-likeness (QED) is 0.445. The van der Waals surface area contributed by atoms with Gasteiger partial charge >= 0.3 is 0 Å². The number of nitrogens with zero attached hydrogens (tertiary/aromatic N) is 2. The van der Waals surface area contributed by atoms with Gasteiger partial charge in [-0.3, -0.25) is 14.9 Å². The Morgan fingerprint density at radius 1 is 1.27 bits per heavy atom. The van der Waals surface area contributed by atoms with Crippen LogP contribution in [0, 0.1) is 22.0 Å². The van der Waals surface area contributed by atoms with E-state index in [2.05, 4.69) is 24.1 Å². The van der Waals surface area contributed by atoms with Crippen molar-refractivity contribution in [3.63, 3.8) is 0 Å². The number of piperidine rings is 1. The van der Waals surface area contributed by atoms with Crippen LogP contribution >= 0.6 is 11.8 Å². The number of likely N-dealkylation sites (tertiary alicyclic amines) is 1. The maximum absolute atomic E-state index is 12.4. The molecule has 144 valence electrons. The second-order valence-corrected chi connectivity index (χ2v) is 9.00. The molecule has 1 N–H and O–H groups in total. The van der Waals surface area contributed by atoms with Crippen molar-refractivity contribution in [1.82, 2.24) is 10.2 Å². The van der Waals surface area contributed by atoms with E-state index in [0.717, 1.165) is 24.5 Å². The van der Waals surface area contributed by atoms with Crippen LogP contribution < -0.4 is 5.32 Å². The first-order valence-corrected chi connectivity index (χ1v) is 10.1. The Kier molecular flexibility index (Phi) is 7.46. The van der Waals surface area contributed by atoms with Crippen LogP contribution in [-0.2, 0) is 4.79 Å². The van der Waals surface area contributed by atoms with Crippen LogP contribution in [-0.4, -0.2) is 46.7 Å². The molecule has 1 fully saturated rings. The third-order valence-corrected chi connectivity index (χ3v) is 5.71. The molecule has 6 nitrogen and oxygen atoms in total. The summed E-state index contributed by atoms with van der Waals surface area (Å²) in [6, 6.07) is 6.40. The molecule has 1 aromatic carbocycles. The zero-order chi connectivity index (χ0) is 19.3. The molecule has 4 unspecified atom stereocenters. The second-order valence-electron chi connectivity index (χ2n) is 7.59. The summed E-state index contributed by atoms with van der Waals surface area (Å²) in [5.41, 5.74) is 0.0602. The van der Waals surface area contributed by atoms with Crippen molar-refractivity contribution in [2.24, 2.45) is 11.8 Å². The number of hydrogen-bond acceptors (Lipinski definition) is 5. The summed E-state index contributed by atoms with van der Waals surface area (Å²) in [4.78, 5) is 26.0. The molecular weight excluding hydrogens is 350 g/mol. The predicted molar refractivity (Wildman–Crippen MR) is 105 cm³/mol. The molecular formula is C19H29N3O3S. The van der Waals surface area contributed by atoms with Crippen LogP contribution in [0.15, 0.2) is 29.2 Å². The van der Waals surface area contributed by atoms with E-state index >= 15 is 0 Å². The summed E-state index contributed by atoms with van der Waals surface area (Å²) < 4.78 is 0. The lowest BCUT2D eigenvalue weighted by atomic mass is 9.92. The third-order valence-electron chi connectivity index (χ3n) is 4.59. The van der Waals surface area contributed by atoms with E-state index in [-0.39, 0.29) is 22.9 Å². The first-order valence-electron chi connectivity index (χ1n) is 9.18.